The van der Waals surface area contributed by atoms with Crippen LogP contribution in [0.15, 0.2) is 42.6 Å². The van der Waals surface area contributed by atoms with E-state index in [0.717, 1.165) is 32.2 Å². The molecule has 31 heavy (non-hydrogen) atoms. The smallest absolute Gasteiger partial charge is 0.241 e. The Bertz CT molecular complexity index is 1140. The van der Waals surface area contributed by atoms with Crippen molar-refractivity contribution in [3.05, 3.63) is 42.6 Å². The van der Waals surface area contributed by atoms with Gasteiger partial charge in [0.2, 0.25) is 17.7 Å². The summed E-state index contributed by atoms with van der Waals surface area (Å²) in [4.78, 5) is 30.9. The normalized spacial score (nSPS) is 18.8. The lowest BCUT2D eigenvalue weighted by molar-refractivity contribution is -0.120. The standard InChI is InChI=1S/C22H24N6O3/c1-27-11-3-6-17(27)22(30)23-15-4-2-5-16(12-15)31-20-10-9-19-24-18(13-28(19)26-20)25-21(29)14-7-8-14/h2,4-5,9-10,12-14,17H,3,6-8,11H2,1H3,(H,23,30)(H,25,29). The molecule has 1 aliphatic heterocycles. The molecule has 2 aliphatic rings. The average molecular weight is 420 g/mol. The highest BCUT2D eigenvalue weighted by Crippen LogP contribution is 2.30. The maximum atomic E-state index is 12.5. The number of ether oxygens (including phenoxy) is 1. The van der Waals surface area contributed by atoms with Gasteiger partial charge in [-0.3, -0.25) is 14.5 Å². The van der Waals surface area contributed by atoms with E-state index in [4.69, 9.17) is 4.74 Å². The summed E-state index contributed by atoms with van der Waals surface area (Å²) in [6.07, 6.45) is 5.44. The van der Waals surface area contributed by atoms with Gasteiger partial charge in [0, 0.05) is 23.7 Å². The van der Waals surface area contributed by atoms with Crippen molar-refractivity contribution in [2.75, 3.05) is 24.2 Å². The van der Waals surface area contributed by atoms with Gasteiger partial charge >= 0.3 is 0 Å². The Kier molecular flexibility index (Phi) is 5.03. The van der Waals surface area contributed by atoms with Gasteiger partial charge in [-0.2, -0.15) is 0 Å². The van der Waals surface area contributed by atoms with Gasteiger partial charge in [-0.25, -0.2) is 9.50 Å². The molecule has 1 aromatic carbocycles. The topological polar surface area (TPSA) is 101 Å². The van der Waals surface area contributed by atoms with Crippen LogP contribution < -0.4 is 15.4 Å². The quantitative estimate of drug-likeness (QED) is 0.636. The number of imidazole rings is 1. The third-order valence-corrected chi connectivity index (χ3v) is 5.64. The van der Waals surface area contributed by atoms with Gasteiger partial charge in [0.25, 0.3) is 0 Å². The number of anilines is 2. The second kappa shape index (κ2) is 7.99. The molecular weight excluding hydrogens is 396 g/mol. The number of likely N-dealkylation sites (N-methyl/N-ethyl adjacent to an activating group) is 1. The summed E-state index contributed by atoms with van der Waals surface area (Å²) < 4.78 is 7.45. The molecule has 5 rings (SSSR count). The Morgan fingerprint density at radius 2 is 1.97 bits per heavy atom. The zero-order valence-corrected chi connectivity index (χ0v) is 17.2. The van der Waals surface area contributed by atoms with E-state index in [1.807, 2.05) is 19.2 Å². The van der Waals surface area contributed by atoms with Crippen LogP contribution in [0.3, 0.4) is 0 Å². The zero-order valence-electron chi connectivity index (χ0n) is 17.2. The summed E-state index contributed by atoms with van der Waals surface area (Å²) >= 11 is 0. The minimum atomic E-state index is -0.0931. The first-order valence-electron chi connectivity index (χ1n) is 10.5. The van der Waals surface area contributed by atoms with Crippen molar-refractivity contribution in [3.63, 3.8) is 0 Å². The Balaban J connectivity index is 1.27. The Hall–Kier alpha value is -3.46. The highest BCUT2D eigenvalue weighted by molar-refractivity contribution is 5.95. The molecule has 1 unspecified atom stereocenters. The van der Waals surface area contributed by atoms with E-state index in [2.05, 4.69) is 25.6 Å². The first-order valence-corrected chi connectivity index (χ1v) is 10.5. The fourth-order valence-electron chi connectivity index (χ4n) is 3.78. The van der Waals surface area contributed by atoms with Crippen LogP contribution in [0.5, 0.6) is 11.6 Å². The van der Waals surface area contributed by atoms with E-state index in [1.165, 1.54) is 0 Å². The van der Waals surface area contributed by atoms with Crippen molar-refractivity contribution in [2.24, 2.45) is 5.92 Å². The number of likely N-dealkylation sites (tertiary alicyclic amines) is 1. The number of carbonyl (C=O) groups is 2. The monoisotopic (exact) mass is 420 g/mol. The molecule has 9 heteroatoms. The summed E-state index contributed by atoms with van der Waals surface area (Å²) in [5.41, 5.74) is 1.29. The molecule has 1 aliphatic carbocycles. The predicted octanol–water partition coefficient (Wildman–Crippen LogP) is 2.90. The van der Waals surface area contributed by atoms with E-state index in [1.54, 1.807) is 35.0 Å². The number of rotatable bonds is 6. The molecule has 160 valence electrons. The minimum Gasteiger partial charge on any atom is -0.438 e. The largest absolute Gasteiger partial charge is 0.438 e. The van der Waals surface area contributed by atoms with Crippen molar-refractivity contribution < 1.29 is 14.3 Å². The zero-order chi connectivity index (χ0) is 21.4. The van der Waals surface area contributed by atoms with Crippen LogP contribution in [-0.4, -0.2) is 50.9 Å². The molecular formula is C22H24N6O3. The predicted molar refractivity (Wildman–Crippen MR) is 115 cm³/mol. The lowest BCUT2D eigenvalue weighted by atomic mass is 10.2. The summed E-state index contributed by atoms with van der Waals surface area (Å²) in [7, 11) is 1.97. The molecule has 2 fully saturated rings. The molecule has 2 amide bonds. The molecule has 3 heterocycles. The Morgan fingerprint density at radius 1 is 1.10 bits per heavy atom. The number of hydrogen-bond donors (Lipinski definition) is 2. The van der Waals surface area contributed by atoms with Gasteiger partial charge in [0.1, 0.15) is 5.75 Å². The number of fused-ring (bicyclic) bond motifs is 1. The van der Waals surface area contributed by atoms with Gasteiger partial charge in [-0.05, 0) is 57.5 Å². The molecule has 0 radical (unpaired) electrons. The third-order valence-electron chi connectivity index (χ3n) is 5.64. The van der Waals surface area contributed by atoms with E-state index in [0.29, 0.717) is 28.8 Å². The minimum absolute atomic E-state index is 0.00235. The molecule has 1 saturated heterocycles. The summed E-state index contributed by atoms with van der Waals surface area (Å²) in [6, 6.07) is 10.6. The maximum Gasteiger partial charge on any atom is 0.241 e. The van der Waals surface area contributed by atoms with Gasteiger partial charge in [0.15, 0.2) is 11.5 Å². The number of nitrogens with one attached hydrogen (secondary N) is 2. The number of aromatic nitrogens is 3. The van der Waals surface area contributed by atoms with Gasteiger partial charge in [-0.1, -0.05) is 6.07 Å². The Morgan fingerprint density at radius 3 is 2.74 bits per heavy atom. The summed E-state index contributed by atoms with van der Waals surface area (Å²) in [6.45, 7) is 0.940. The number of nitrogens with zero attached hydrogens (tertiary/aromatic N) is 4. The molecule has 0 bridgehead atoms. The fourth-order valence-corrected chi connectivity index (χ4v) is 3.78. The molecule has 9 nitrogen and oxygen atoms in total. The maximum absolute atomic E-state index is 12.5. The van der Waals surface area contributed by atoms with Crippen LogP contribution in [0.25, 0.3) is 5.65 Å². The van der Waals surface area contributed by atoms with Crippen LogP contribution in [0.4, 0.5) is 11.5 Å². The lowest BCUT2D eigenvalue weighted by Gasteiger charge is -2.18. The molecule has 2 N–H and O–H groups in total. The second-order valence-corrected chi connectivity index (χ2v) is 8.12. The molecule has 1 atom stereocenters. The molecule has 3 aromatic rings. The number of carbonyl (C=O) groups excluding carboxylic acids is 2. The van der Waals surface area contributed by atoms with E-state index in [9.17, 15) is 9.59 Å². The van der Waals surface area contributed by atoms with Crippen molar-refractivity contribution in [1.82, 2.24) is 19.5 Å². The summed E-state index contributed by atoms with van der Waals surface area (Å²) in [5, 5.41) is 10.2. The number of benzene rings is 1. The van der Waals surface area contributed by atoms with Crippen LogP contribution in [0, 0.1) is 5.92 Å². The van der Waals surface area contributed by atoms with Gasteiger partial charge in [-0.15, -0.1) is 5.10 Å². The van der Waals surface area contributed by atoms with E-state index in [-0.39, 0.29) is 23.8 Å². The summed E-state index contributed by atoms with van der Waals surface area (Å²) in [5.74, 6) is 1.52. The van der Waals surface area contributed by atoms with Crippen LogP contribution in [-0.2, 0) is 9.59 Å². The van der Waals surface area contributed by atoms with Crippen molar-refractivity contribution in [1.29, 1.82) is 0 Å². The van der Waals surface area contributed by atoms with Gasteiger partial charge < -0.3 is 15.4 Å². The first kappa shape index (κ1) is 19.5. The molecule has 1 saturated carbocycles. The highest BCUT2D eigenvalue weighted by Gasteiger charge is 2.30. The van der Waals surface area contributed by atoms with Crippen molar-refractivity contribution >= 4 is 29.0 Å². The second-order valence-electron chi connectivity index (χ2n) is 8.12. The Labute approximate surface area is 179 Å². The van der Waals surface area contributed by atoms with Crippen LogP contribution in [0.1, 0.15) is 25.7 Å². The molecule has 0 spiro atoms. The van der Waals surface area contributed by atoms with Gasteiger partial charge in [0.05, 0.1) is 12.2 Å². The third kappa shape index (κ3) is 4.36. The van der Waals surface area contributed by atoms with E-state index >= 15 is 0 Å². The first-order chi connectivity index (χ1) is 15.0. The molecule has 2 aromatic heterocycles. The van der Waals surface area contributed by atoms with Crippen LogP contribution >= 0.6 is 0 Å². The van der Waals surface area contributed by atoms with E-state index < -0.39 is 0 Å². The average Bonchev–Trinajstić information content (AvgIpc) is 3.39. The fraction of sp³-hybridized carbons (Fsp3) is 0.364. The SMILES string of the molecule is CN1CCCC1C(=O)Nc1cccc(Oc2ccc3nc(NC(=O)C4CC4)cn3n2)c1. The highest BCUT2D eigenvalue weighted by atomic mass is 16.5. The lowest BCUT2D eigenvalue weighted by Crippen LogP contribution is -2.37. The van der Waals surface area contributed by atoms with Crippen molar-refractivity contribution in [3.8, 4) is 11.6 Å². The number of hydrogen-bond acceptors (Lipinski definition) is 6. The number of amides is 2. The van der Waals surface area contributed by atoms with Crippen molar-refractivity contribution in [2.45, 2.75) is 31.7 Å². The van der Waals surface area contributed by atoms with Crippen LogP contribution in [0.2, 0.25) is 0 Å².